The van der Waals surface area contributed by atoms with E-state index in [1.165, 1.54) is 0 Å². The Morgan fingerprint density at radius 2 is 1.90 bits per heavy atom. The molecular weight excluding hydrogens is 124 g/mol. The first-order chi connectivity index (χ1) is 4.45. The average molecular weight is 144 g/mol. The topological polar surface area (TPSA) is 52.0 Å². The Morgan fingerprint density at radius 3 is 2.20 bits per heavy atom. The third-order valence-corrected chi connectivity index (χ3v) is 1.68. The fourth-order valence-electron chi connectivity index (χ4n) is 0.762. The Balaban J connectivity index is 3.36. The molecule has 0 saturated carbocycles. The van der Waals surface area contributed by atoms with Crippen molar-refractivity contribution in [3.8, 4) is 0 Å². The van der Waals surface area contributed by atoms with Gasteiger partial charge in [0.15, 0.2) is 0 Å². The second-order valence-electron chi connectivity index (χ2n) is 3.70. The Morgan fingerprint density at radius 1 is 1.40 bits per heavy atom. The normalized spacial score (nSPS) is 15.3. The summed E-state index contributed by atoms with van der Waals surface area (Å²) in [5, 5.41) is 0. The molecule has 2 heteroatoms. The van der Waals surface area contributed by atoms with Crippen LogP contribution in [0.5, 0.6) is 0 Å². The molecule has 0 aliphatic carbocycles. The lowest BCUT2D eigenvalue weighted by molar-refractivity contribution is 0.425. The van der Waals surface area contributed by atoms with Crippen molar-refractivity contribution in [1.82, 2.24) is 0 Å². The maximum Gasteiger partial charge on any atom is 0.00976 e. The summed E-state index contributed by atoms with van der Waals surface area (Å²) in [7, 11) is 0. The molecule has 0 radical (unpaired) electrons. The van der Waals surface area contributed by atoms with Gasteiger partial charge in [-0.2, -0.15) is 0 Å². The summed E-state index contributed by atoms with van der Waals surface area (Å²) < 4.78 is 0. The molecule has 0 fully saturated rings. The van der Waals surface area contributed by atoms with Gasteiger partial charge in [-0.25, -0.2) is 0 Å². The zero-order chi connectivity index (χ0) is 8.20. The van der Waals surface area contributed by atoms with Crippen LogP contribution in [0, 0.1) is 0 Å². The quantitative estimate of drug-likeness (QED) is 0.623. The fourth-order valence-corrected chi connectivity index (χ4v) is 0.762. The summed E-state index contributed by atoms with van der Waals surface area (Å²) in [6, 6.07) is 0.336. The van der Waals surface area contributed by atoms with Gasteiger partial charge in [-0.3, -0.25) is 0 Å². The van der Waals surface area contributed by atoms with E-state index in [-0.39, 0.29) is 5.54 Å². The van der Waals surface area contributed by atoms with Crippen LogP contribution in [0.2, 0.25) is 0 Å². The highest BCUT2D eigenvalue weighted by atomic mass is 14.7. The summed E-state index contributed by atoms with van der Waals surface area (Å²) in [6.45, 7) is 6.18. The molecule has 2 nitrogen and oxygen atoms in total. The number of rotatable bonds is 4. The van der Waals surface area contributed by atoms with Crippen molar-refractivity contribution in [1.29, 1.82) is 0 Å². The molecule has 0 aromatic carbocycles. The molecule has 1 unspecified atom stereocenters. The van der Waals surface area contributed by atoms with E-state index in [9.17, 15) is 0 Å². The van der Waals surface area contributed by atoms with Gasteiger partial charge in [-0.05, 0) is 33.1 Å². The molecule has 62 valence electrons. The largest absolute Gasteiger partial charge is 0.328 e. The standard InChI is InChI=1S/C8H20N2/c1-4-7(9)5-6-8(2,3)10/h7H,4-6,9-10H2,1-3H3. The van der Waals surface area contributed by atoms with Crippen molar-refractivity contribution in [2.24, 2.45) is 11.5 Å². The lowest BCUT2D eigenvalue weighted by Gasteiger charge is -2.20. The predicted octanol–water partition coefficient (Wildman–Crippen LogP) is 1.24. The molecule has 0 aliphatic heterocycles. The number of hydrogen-bond acceptors (Lipinski definition) is 2. The molecule has 1 atom stereocenters. The first-order valence-electron chi connectivity index (χ1n) is 4.00. The summed E-state index contributed by atoms with van der Waals surface area (Å²) in [6.07, 6.45) is 3.11. The second kappa shape index (κ2) is 3.94. The molecule has 0 spiro atoms. The molecule has 10 heavy (non-hydrogen) atoms. The lowest BCUT2D eigenvalue weighted by atomic mass is 9.96. The van der Waals surface area contributed by atoms with E-state index in [1.54, 1.807) is 0 Å². The summed E-state index contributed by atoms with van der Waals surface area (Å²) >= 11 is 0. The van der Waals surface area contributed by atoms with Crippen LogP contribution in [0.3, 0.4) is 0 Å². The SMILES string of the molecule is CCC(N)CCC(C)(C)N. The monoisotopic (exact) mass is 144 g/mol. The van der Waals surface area contributed by atoms with E-state index in [1.807, 2.05) is 13.8 Å². The first kappa shape index (κ1) is 9.92. The van der Waals surface area contributed by atoms with Gasteiger partial charge in [-0.15, -0.1) is 0 Å². The van der Waals surface area contributed by atoms with E-state index < -0.39 is 0 Å². The maximum absolute atomic E-state index is 5.78. The molecular formula is C8H20N2. The third kappa shape index (κ3) is 6.05. The van der Waals surface area contributed by atoms with Crippen molar-refractivity contribution in [2.75, 3.05) is 0 Å². The van der Waals surface area contributed by atoms with Crippen LogP contribution in [0.15, 0.2) is 0 Å². The Labute approximate surface area is 64.0 Å². The summed E-state index contributed by atoms with van der Waals surface area (Å²) in [4.78, 5) is 0. The van der Waals surface area contributed by atoms with Gasteiger partial charge in [0.1, 0.15) is 0 Å². The Kier molecular flexibility index (Phi) is 3.91. The average Bonchev–Trinajstić information content (AvgIpc) is 1.81. The van der Waals surface area contributed by atoms with E-state index in [0.29, 0.717) is 6.04 Å². The van der Waals surface area contributed by atoms with Gasteiger partial charge in [0.2, 0.25) is 0 Å². The highest BCUT2D eigenvalue weighted by molar-refractivity contribution is 4.74. The van der Waals surface area contributed by atoms with Crippen LogP contribution >= 0.6 is 0 Å². The van der Waals surface area contributed by atoms with Gasteiger partial charge in [0.25, 0.3) is 0 Å². The number of hydrogen-bond donors (Lipinski definition) is 2. The molecule has 0 bridgehead atoms. The van der Waals surface area contributed by atoms with Crippen LogP contribution in [-0.4, -0.2) is 11.6 Å². The van der Waals surface area contributed by atoms with Crippen LogP contribution in [0.1, 0.15) is 40.0 Å². The lowest BCUT2D eigenvalue weighted by Crippen LogP contribution is -2.34. The third-order valence-electron chi connectivity index (χ3n) is 1.68. The van der Waals surface area contributed by atoms with Gasteiger partial charge >= 0.3 is 0 Å². The van der Waals surface area contributed by atoms with E-state index in [2.05, 4.69) is 6.92 Å². The highest BCUT2D eigenvalue weighted by Gasteiger charge is 2.11. The maximum atomic E-state index is 5.78. The zero-order valence-corrected chi connectivity index (χ0v) is 7.35. The minimum atomic E-state index is -0.0488. The molecule has 0 aromatic heterocycles. The van der Waals surface area contributed by atoms with Crippen LogP contribution in [0.4, 0.5) is 0 Å². The minimum absolute atomic E-state index is 0.0488. The predicted molar refractivity (Wildman–Crippen MR) is 45.8 cm³/mol. The van der Waals surface area contributed by atoms with Crippen molar-refractivity contribution < 1.29 is 0 Å². The highest BCUT2D eigenvalue weighted by Crippen LogP contribution is 2.09. The van der Waals surface area contributed by atoms with Crippen LogP contribution in [-0.2, 0) is 0 Å². The minimum Gasteiger partial charge on any atom is -0.328 e. The van der Waals surface area contributed by atoms with E-state index in [0.717, 1.165) is 19.3 Å². The Bertz CT molecular complexity index is 83.7. The fraction of sp³-hybridized carbons (Fsp3) is 1.00. The van der Waals surface area contributed by atoms with E-state index in [4.69, 9.17) is 11.5 Å². The van der Waals surface area contributed by atoms with Crippen LogP contribution in [0.25, 0.3) is 0 Å². The molecule has 4 N–H and O–H groups in total. The van der Waals surface area contributed by atoms with Crippen LogP contribution < -0.4 is 11.5 Å². The van der Waals surface area contributed by atoms with Crippen molar-refractivity contribution >= 4 is 0 Å². The molecule has 0 aromatic rings. The van der Waals surface area contributed by atoms with Gasteiger partial charge < -0.3 is 11.5 Å². The van der Waals surface area contributed by atoms with E-state index >= 15 is 0 Å². The van der Waals surface area contributed by atoms with Crippen molar-refractivity contribution in [3.63, 3.8) is 0 Å². The first-order valence-corrected chi connectivity index (χ1v) is 4.00. The zero-order valence-electron chi connectivity index (χ0n) is 7.35. The molecule has 0 heterocycles. The Hall–Kier alpha value is -0.0800. The molecule has 0 amide bonds. The molecule has 0 saturated heterocycles. The van der Waals surface area contributed by atoms with Gasteiger partial charge in [0.05, 0.1) is 0 Å². The molecule has 0 aliphatic rings. The summed E-state index contributed by atoms with van der Waals surface area (Å²) in [5.41, 5.74) is 11.5. The summed E-state index contributed by atoms with van der Waals surface area (Å²) in [5.74, 6) is 0. The van der Waals surface area contributed by atoms with Gasteiger partial charge in [-0.1, -0.05) is 6.92 Å². The molecule has 0 rings (SSSR count). The van der Waals surface area contributed by atoms with Gasteiger partial charge in [0, 0.05) is 11.6 Å². The van der Waals surface area contributed by atoms with Crippen molar-refractivity contribution in [2.45, 2.75) is 51.6 Å². The second-order valence-corrected chi connectivity index (χ2v) is 3.70. The van der Waals surface area contributed by atoms with Crippen molar-refractivity contribution in [3.05, 3.63) is 0 Å². The number of nitrogens with two attached hydrogens (primary N) is 2. The smallest absolute Gasteiger partial charge is 0.00976 e.